The SMILES string of the molecule is COc1ccc([C@H]2C(C#N)=C(N)Oc3cc(C)n(Cc4ccccn4)c(=O)c32)c(OC)c1OC. The van der Waals surface area contributed by atoms with Crippen LogP contribution in [0.2, 0.25) is 0 Å². The van der Waals surface area contributed by atoms with Crippen LogP contribution < -0.4 is 30.2 Å². The fourth-order valence-electron chi connectivity index (χ4n) is 4.20. The van der Waals surface area contributed by atoms with E-state index in [-0.39, 0.29) is 34.9 Å². The zero-order chi connectivity index (χ0) is 24.4. The van der Waals surface area contributed by atoms with Crippen molar-refractivity contribution in [1.82, 2.24) is 9.55 Å². The molecule has 0 amide bonds. The highest BCUT2D eigenvalue weighted by Crippen LogP contribution is 2.48. The van der Waals surface area contributed by atoms with Crippen LogP contribution in [0.5, 0.6) is 23.0 Å². The molecule has 1 atom stereocenters. The number of aryl methyl sites for hydroxylation is 1. The molecule has 2 aromatic heterocycles. The van der Waals surface area contributed by atoms with Crippen molar-refractivity contribution < 1.29 is 18.9 Å². The van der Waals surface area contributed by atoms with Gasteiger partial charge in [-0.2, -0.15) is 5.26 Å². The molecule has 0 fully saturated rings. The Hall–Kier alpha value is -4.45. The number of aromatic nitrogens is 2. The third-order valence-corrected chi connectivity index (χ3v) is 5.78. The van der Waals surface area contributed by atoms with Crippen LogP contribution in [0.25, 0.3) is 0 Å². The Bertz CT molecular complexity index is 1370. The molecular formula is C25H24N4O5. The molecule has 0 bridgehead atoms. The molecule has 34 heavy (non-hydrogen) atoms. The van der Waals surface area contributed by atoms with Crippen molar-refractivity contribution in [2.24, 2.45) is 5.73 Å². The highest BCUT2D eigenvalue weighted by atomic mass is 16.5. The summed E-state index contributed by atoms with van der Waals surface area (Å²) >= 11 is 0. The second-order valence-electron chi connectivity index (χ2n) is 7.62. The first-order valence-corrected chi connectivity index (χ1v) is 10.5. The van der Waals surface area contributed by atoms with Gasteiger partial charge in [0, 0.05) is 23.5 Å². The molecular weight excluding hydrogens is 436 g/mol. The van der Waals surface area contributed by atoms with Crippen molar-refractivity contribution in [1.29, 1.82) is 5.26 Å². The van der Waals surface area contributed by atoms with E-state index in [0.717, 1.165) is 5.69 Å². The number of allylic oxidation sites excluding steroid dienone is 1. The average molecular weight is 460 g/mol. The van der Waals surface area contributed by atoms with Gasteiger partial charge in [0.05, 0.1) is 45.0 Å². The van der Waals surface area contributed by atoms with E-state index in [2.05, 4.69) is 11.1 Å². The van der Waals surface area contributed by atoms with E-state index in [4.69, 9.17) is 24.7 Å². The van der Waals surface area contributed by atoms with Crippen molar-refractivity contribution in [2.75, 3.05) is 21.3 Å². The van der Waals surface area contributed by atoms with Gasteiger partial charge in [-0.25, -0.2) is 0 Å². The van der Waals surface area contributed by atoms with Gasteiger partial charge in [-0.1, -0.05) is 12.1 Å². The van der Waals surface area contributed by atoms with Gasteiger partial charge < -0.3 is 29.2 Å². The maximum absolute atomic E-state index is 13.9. The summed E-state index contributed by atoms with van der Waals surface area (Å²) < 4.78 is 23.9. The van der Waals surface area contributed by atoms with Crippen molar-refractivity contribution in [3.8, 4) is 29.1 Å². The third kappa shape index (κ3) is 3.69. The van der Waals surface area contributed by atoms with E-state index in [9.17, 15) is 10.1 Å². The number of nitriles is 1. The monoisotopic (exact) mass is 460 g/mol. The topological polar surface area (TPSA) is 122 Å². The van der Waals surface area contributed by atoms with E-state index in [1.807, 2.05) is 18.2 Å². The first-order valence-electron chi connectivity index (χ1n) is 10.5. The highest BCUT2D eigenvalue weighted by molar-refractivity contribution is 5.64. The van der Waals surface area contributed by atoms with E-state index in [0.29, 0.717) is 28.5 Å². The summed E-state index contributed by atoms with van der Waals surface area (Å²) in [6, 6.07) is 12.8. The lowest BCUT2D eigenvalue weighted by atomic mass is 9.83. The molecule has 9 nitrogen and oxygen atoms in total. The predicted molar refractivity (Wildman–Crippen MR) is 124 cm³/mol. The first-order chi connectivity index (χ1) is 16.4. The largest absolute Gasteiger partial charge is 0.493 e. The molecule has 2 N–H and O–H groups in total. The minimum atomic E-state index is -0.841. The molecule has 9 heteroatoms. The Balaban J connectivity index is 2.00. The second-order valence-corrected chi connectivity index (χ2v) is 7.62. The van der Waals surface area contributed by atoms with Crippen LogP contribution in [-0.2, 0) is 6.54 Å². The highest BCUT2D eigenvalue weighted by Gasteiger charge is 2.37. The molecule has 3 aromatic rings. The van der Waals surface area contributed by atoms with Crippen LogP contribution in [0.4, 0.5) is 0 Å². The molecule has 0 saturated heterocycles. The summed E-state index contributed by atoms with van der Waals surface area (Å²) in [4.78, 5) is 18.2. The summed E-state index contributed by atoms with van der Waals surface area (Å²) in [6.45, 7) is 2.06. The molecule has 0 spiro atoms. The average Bonchev–Trinajstić information content (AvgIpc) is 2.85. The molecule has 1 aliphatic heterocycles. The lowest BCUT2D eigenvalue weighted by molar-refractivity contribution is 0.321. The van der Waals surface area contributed by atoms with Gasteiger partial charge in [0.15, 0.2) is 11.5 Å². The van der Waals surface area contributed by atoms with Crippen LogP contribution >= 0.6 is 0 Å². The molecule has 0 unspecified atom stereocenters. The van der Waals surface area contributed by atoms with Gasteiger partial charge >= 0.3 is 0 Å². The van der Waals surface area contributed by atoms with Gasteiger partial charge in [0.1, 0.15) is 17.4 Å². The summed E-state index contributed by atoms with van der Waals surface area (Å²) in [5, 5.41) is 9.98. The Morgan fingerprint density at radius 1 is 1.15 bits per heavy atom. The van der Waals surface area contributed by atoms with Crippen LogP contribution in [-0.4, -0.2) is 30.9 Å². The Labute approximate surface area is 196 Å². The number of benzene rings is 1. The number of hydrogen-bond acceptors (Lipinski definition) is 8. The van der Waals surface area contributed by atoms with Crippen molar-refractivity contribution in [2.45, 2.75) is 19.4 Å². The van der Waals surface area contributed by atoms with E-state index < -0.39 is 5.92 Å². The number of fused-ring (bicyclic) bond motifs is 1. The second kappa shape index (κ2) is 9.19. The summed E-state index contributed by atoms with van der Waals surface area (Å²) in [7, 11) is 4.48. The van der Waals surface area contributed by atoms with Crippen LogP contribution in [0.15, 0.2) is 58.8 Å². The fraction of sp³-hybridized carbons (Fsp3) is 0.240. The number of nitrogens with zero attached hydrogens (tertiary/aromatic N) is 3. The molecule has 3 heterocycles. The van der Waals surface area contributed by atoms with Gasteiger partial charge in [-0.05, 0) is 25.1 Å². The van der Waals surface area contributed by atoms with Crippen molar-refractivity contribution in [3.63, 3.8) is 0 Å². The zero-order valence-corrected chi connectivity index (χ0v) is 19.3. The predicted octanol–water partition coefficient (Wildman–Crippen LogP) is 2.84. The molecule has 174 valence electrons. The Morgan fingerprint density at radius 3 is 2.53 bits per heavy atom. The first kappa shape index (κ1) is 22.7. The quantitative estimate of drug-likeness (QED) is 0.596. The number of methoxy groups -OCH3 is 3. The maximum atomic E-state index is 13.9. The number of nitrogens with two attached hydrogens (primary N) is 1. The van der Waals surface area contributed by atoms with Crippen LogP contribution in [0.3, 0.4) is 0 Å². The molecule has 0 saturated carbocycles. The number of ether oxygens (including phenoxy) is 4. The Kier molecular flexibility index (Phi) is 6.15. The Morgan fingerprint density at radius 2 is 1.91 bits per heavy atom. The fourth-order valence-corrected chi connectivity index (χ4v) is 4.20. The standard InChI is InChI=1S/C25H24N4O5/c1-14-11-19-21(25(30)29(14)13-15-7-5-6-10-28-15)20(17(12-26)24(27)34-19)16-8-9-18(31-2)23(33-4)22(16)32-3/h5-11,20H,13,27H2,1-4H3/t20-/m0/s1. The normalized spacial score (nSPS) is 14.6. The summed E-state index contributed by atoms with van der Waals surface area (Å²) in [5.41, 5.74) is 8.10. The van der Waals surface area contributed by atoms with Crippen molar-refractivity contribution in [3.05, 3.63) is 86.9 Å². The third-order valence-electron chi connectivity index (χ3n) is 5.78. The smallest absolute Gasteiger partial charge is 0.259 e. The zero-order valence-electron chi connectivity index (χ0n) is 19.3. The number of rotatable bonds is 6. The minimum Gasteiger partial charge on any atom is -0.493 e. The minimum absolute atomic E-state index is 0.0712. The van der Waals surface area contributed by atoms with Gasteiger partial charge in [-0.3, -0.25) is 9.78 Å². The van der Waals surface area contributed by atoms with Gasteiger partial charge in [-0.15, -0.1) is 0 Å². The molecule has 1 aliphatic rings. The van der Waals surface area contributed by atoms with Crippen molar-refractivity contribution >= 4 is 0 Å². The van der Waals surface area contributed by atoms with Gasteiger partial charge in [0.2, 0.25) is 11.6 Å². The summed E-state index contributed by atoms with van der Waals surface area (Å²) in [5.74, 6) is 0.494. The number of pyridine rings is 2. The molecule has 4 rings (SSSR count). The van der Waals surface area contributed by atoms with E-state index in [1.54, 1.807) is 35.9 Å². The van der Waals surface area contributed by atoms with Crippen LogP contribution in [0.1, 0.15) is 28.4 Å². The van der Waals surface area contributed by atoms with E-state index >= 15 is 0 Å². The lowest BCUT2D eigenvalue weighted by Gasteiger charge is -2.28. The maximum Gasteiger partial charge on any atom is 0.259 e. The number of hydrogen-bond donors (Lipinski definition) is 1. The van der Waals surface area contributed by atoms with E-state index in [1.165, 1.54) is 21.3 Å². The summed E-state index contributed by atoms with van der Waals surface area (Å²) in [6.07, 6.45) is 1.67. The lowest BCUT2D eigenvalue weighted by Crippen LogP contribution is -2.33. The van der Waals surface area contributed by atoms with Crippen LogP contribution in [0, 0.1) is 18.3 Å². The molecule has 1 aromatic carbocycles. The molecule has 0 radical (unpaired) electrons. The van der Waals surface area contributed by atoms with Gasteiger partial charge in [0.25, 0.3) is 5.56 Å². The molecule has 0 aliphatic carbocycles.